The van der Waals surface area contributed by atoms with Gasteiger partial charge in [0.05, 0.1) is 7.11 Å². The van der Waals surface area contributed by atoms with E-state index >= 15 is 0 Å². The largest absolute Gasteiger partial charge is 0.467 e. The van der Waals surface area contributed by atoms with Gasteiger partial charge in [0, 0.05) is 5.92 Å². The number of alkyl carbamates (subject to hydrolysis) is 1. The quantitative estimate of drug-likeness (QED) is 0.869. The third-order valence-corrected chi connectivity index (χ3v) is 3.44. The van der Waals surface area contributed by atoms with E-state index in [1.165, 1.54) is 7.11 Å². The summed E-state index contributed by atoms with van der Waals surface area (Å²) in [6, 6.07) is 9.59. The van der Waals surface area contributed by atoms with Gasteiger partial charge in [-0.3, -0.25) is 0 Å². The summed E-state index contributed by atoms with van der Waals surface area (Å²) < 4.78 is 10.1. The van der Waals surface area contributed by atoms with Gasteiger partial charge in [-0.2, -0.15) is 0 Å². The molecule has 0 aromatic heterocycles. The fourth-order valence-corrected chi connectivity index (χ4v) is 2.43. The van der Waals surface area contributed by atoms with Gasteiger partial charge < -0.3 is 14.8 Å². The molecule has 0 spiro atoms. The number of carbonyl (C=O) groups is 2. The summed E-state index contributed by atoms with van der Waals surface area (Å²) in [6.07, 6.45) is -0.0885. The molecule has 5 heteroatoms. The number of benzene rings is 1. The standard InChI is InChI=1S/C16H21NO4/c1-15(2,3)21-14(19)17-16(13(18)20-4)10-12(16)11-8-6-5-7-9-11/h5-9,12H,10H2,1-4H3,(H,17,19). The van der Waals surface area contributed by atoms with E-state index in [0.29, 0.717) is 6.42 Å². The number of esters is 1. The van der Waals surface area contributed by atoms with Gasteiger partial charge in [0.2, 0.25) is 0 Å². The fourth-order valence-electron chi connectivity index (χ4n) is 2.43. The molecular weight excluding hydrogens is 270 g/mol. The number of nitrogens with one attached hydrogen (secondary N) is 1. The lowest BCUT2D eigenvalue weighted by atomic mass is 10.1. The van der Waals surface area contributed by atoms with Crippen LogP contribution in [0.4, 0.5) is 4.79 Å². The minimum absolute atomic E-state index is 0.0846. The molecule has 21 heavy (non-hydrogen) atoms. The van der Waals surface area contributed by atoms with Crippen molar-refractivity contribution in [3.05, 3.63) is 35.9 Å². The Labute approximate surface area is 124 Å². The van der Waals surface area contributed by atoms with Crippen LogP contribution >= 0.6 is 0 Å². The van der Waals surface area contributed by atoms with E-state index in [1.807, 2.05) is 30.3 Å². The summed E-state index contributed by atoms with van der Waals surface area (Å²) in [7, 11) is 1.32. The van der Waals surface area contributed by atoms with Crippen molar-refractivity contribution in [1.29, 1.82) is 0 Å². The van der Waals surface area contributed by atoms with Gasteiger partial charge in [0.1, 0.15) is 11.1 Å². The topological polar surface area (TPSA) is 64.6 Å². The second-order valence-corrected chi connectivity index (χ2v) is 6.26. The zero-order valence-electron chi connectivity index (χ0n) is 12.8. The van der Waals surface area contributed by atoms with E-state index in [-0.39, 0.29) is 5.92 Å². The summed E-state index contributed by atoms with van der Waals surface area (Å²) in [4.78, 5) is 24.1. The SMILES string of the molecule is COC(=O)C1(NC(=O)OC(C)(C)C)CC1c1ccccc1. The van der Waals surface area contributed by atoms with Crippen LogP contribution in [-0.4, -0.2) is 30.3 Å². The normalized spacial score (nSPS) is 24.1. The number of carbonyl (C=O) groups excluding carboxylic acids is 2. The van der Waals surface area contributed by atoms with Crippen molar-refractivity contribution in [1.82, 2.24) is 5.32 Å². The molecule has 0 radical (unpaired) electrons. The highest BCUT2D eigenvalue weighted by Gasteiger charge is 2.63. The van der Waals surface area contributed by atoms with Crippen molar-refractivity contribution in [2.45, 2.75) is 44.2 Å². The molecule has 0 saturated heterocycles. The number of hydrogen-bond donors (Lipinski definition) is 1. The number of methoxy groups -OCH3 is 1. The summed E-state index contributed by atoms with van der Waals surface area (Å²) >= 11 is 0. The van der Waals surface area contributed by atoms with Crippen LogP contribution in [0.5, 0.6) is 0 Å². The van der Waals surface area contributed by atoms with Crippen molar-refractivity contribution >= 4 is 12.1 Å². The van der Waals surface area contributed by atoms with Gasteiger partial charge >= 0.3 is 12.1 Å². The Balaban J connectivity index is 2.15. The van der Waals surface area contributed by atoms with Crippen LogP contribution in [0, 0.1) is 0 Å². The van der Waals surface area contributed by atoms with Crippen LogP contribution in [-0.2, 0) is 14.3 Å². The molecule has 114 valence electrons. The lowest BCUT2D eigenvalue weighted by Crippen LogP contribution is -2.47. The Bertz CT molecular complexity index is 535. The molecule has 0 heterocycles. The van der Waals surface area contributed by atoms with Gasteiger partial charge in [0.15, 0.2) is 0 Å². The number of ether oxygens (including phenoxy) is 2. The van der Waals surface area contributed by atoms with E-state index in [2.05, 4.69) is 5.32 Å². The zero-order valence-corrected chi connectivity index (χ0v) is 12.8. The fraction of sp³-hybridized carbons (Fsp3) is 0.500. The van der Waals surface area contributed by atoms with Gasteiger partial charge in [-0.1, -0.05) is 30.3 Å². The number of hydrogen-bond acceptors (Lipinski definition) is 4. The monoisotopic (exact) mass is 291 g/mol. The van der Waals surface area contributed by atoms with Crippen LogP contribution in [0.2, 0.25) is 0 Å². The molecule has 1 fully saturated rings. The van der Waals surface area contributed by atoms with Crippen LogP contribution in [0.1, 0.15) is 38.7 Å². The predicted octanol–water partition coefficient (Wildman–Crippen LogP) is 2.61. The first kappa shape index (κ1) is 15.4. The van der Waals surface area contributed by atoms with Crippen molar-refractivity contribution in [3.8, 4) is 0 Å². The molecule has 5 nitrogen and oxygen atoms in total. The second kappa shape index (κ2) is 5.39. The van der Waals surface area contributed by atoms with Crippen LogP contribution in [0.3, 0.4) is 0 Å². The number of amides is 1. The molecule has 2 atom stereocenters. The van der Waals surface area contributed by atoms with Crippen LogP contribution < -0.4 is 5.32 Å². The Morgan fingerprint density at radius 2 is 1.86 bits per heavy atom. The minimum Gasteiger partial charge on any atom is -0.467 e. The molecule has 1 aliphatic rings. The smallest absolute Gasteiger partial charge is 0.408 e. The van der Waals surface area contributed by atoms with Gasteiger partial charge in [-0.15, -0.1) is 0 Å². The van der Waals surface area contributed by atoms with Gasteiger partial charge in [-0.25, -0.2) is 9.59 Å². The zero-order chi connectivity index (χ0) is 15.7. The third kappa shape index (κ3) is 3.35. The maximum atomic E-state index is 12.1. The Morgan fingerprint density at radius 3 is 2.38 bits per heavy atom. The summed E-state index contributed by atoms with van der Waals surface area (Å²) in [5.41, 5.74) is -0.629. The second-order valence-electron chi connectivity index (χ2n) is 6.26. The maximum Gasteiger partial charge on any atom is 0.408 e. The molecule has 1 aliphatic carbocycles. The highest BCUT2D eigenvalue weighted by atomic mass is 16.6. The molecule has 1 amide bonds. The molecule has 1 N–H and O–H groups in total. The predicted molar refractivity (Wildman–Crippen MR) is 77.9 cm³/mol. The van der Waals surface area contributed by atoms with E-state index in [4.69, 9.17) is 9.47 Å². The molecule has 1 aromatic rings. The molecule has 1 saturated carbocycles. The van der Waals surface area contributed by atoms with E-state index in [0.717, 1.165) is 5.56 Å². The first-order chi connectivity index (χ1) is 9.78. The molecule has 0 aliphatic heterocycles. The highest BCUT2D eigenvalue weighted by molar-refractivity contribution is 5.91. The van der Waals surface area contributed by atoms with Crippen molar-refractivity contribution < 1.29 is 19.1 Å². The lowest BCUT2D eigenvalue weighted by molar-refractivity contribution is -0.144. The highest BCUT2D eigenvalue weighted by Crippen LogP contribution is 2.52. The molecule has 1 aromatic carbocycles. The molecule has 0 bridgehead atoms. The van der Waals surface area contributed by atoms with Gasteiger partial charge in [-0.05, 0) is 32.8 Å². The summed E-state index contributed by atoms with van der Waals surface area (Å²) in [6.45, 7) is 5.33. The van der Waals surface area contributed by atoms with Crippen LogP contribution in [0.15, 0.2) is 30.3 Å². The molecular formula is C16H21NO4. The molecule has 2 unspecified atom stereocenters. The lowest BCUT2D eigenvalue weighted by Gasteiger charge is -2.23. The summed E-state index contributed by atoms with van der Waals surface area (Å²) in [5, 5.41) is 2.69. The first-order valence-corrected chi connectivity index (χ1v) is 6.93. The van der Waals surface area contributed by atoms with E-state index < -0.39 is 23.2 Å². The van der Waals surface area contributed by atoms with Crippen LogP contribution in [0.25, 0.3) is 0 Å². The van der Waals surface area contributed by atoms with E-state index in [1.54, 1.807) is 20.8 Å². The molecule has 2 rings (SSSR count). The van der Waals surface area contributed by atoms with Crippen molar-refractivity contribution in [2.75, 3.05) is 7.11 Å². The maximum absolute atomic E-state index is 12.1. The Morgan fingerprint density at radius 1 is 1.24 bits per heavy atom. The Hall–Kier alpha value is -2.04. The first-order valence-electron chi connectivity index (χ1n) is 6.93. The average Bonchev–Trinajstić information content (AvgIpc) is 3.12. The average molecular weight is 291 g/mol. The van der Waals surface area contributed by atoms with Crippen molar-refractivity contribution in [3.63, 3.8) is 0 Å². The van der Waals surface area contributed by atoms with E-state index in [9.17, 15) is 9.59 Å². The number of rotatable bonds is 3. The Kier molecular flexibility index (Phi) is 3.94. The van der Waals surface area contributed by atoms with Gasteiger partial charge in [0.25, 0.3) is 0 Å². The van der Waals surface area contributed by atoms with Crippen molar-refractivity contribution in [2.24, 2.45) is 0 Å². The third-order valence-electron chi connectivity index (χ3n) is 3.44. The minimum atomic E-state index is -1.02. The summed E-state index contributed by atoms with van der Waals surface area (Å²) in [5.74, 6) is -0.527.